The molecular formula is C10H20. The van der Waals surface area contributed by atoms with Gasteiger partial charge in [-0.25, -0.2) is 0 Å². The van der Waals surface area contributed by atoms with Crippen LogP contribution in [0.25, 0.3) is 0 Å². The molecule has 0 aromatic carbocycles. The van der Waals surface area contributed by atoms with E-state index in [9.17, 15) is 0 Å². The van der Waals surface area contributed by atoms with Gasteiger partial charge >= 0.3 is 0 Å². The first-order valence-corrected chi connectivity index (χ1v) is 3.54. The standard InChI is InChI=1S/C3H8.C3H4.C2H6.C2H2/c2*1-3-2;2*1-2/h3H2,1-2H3;1H,2H3;1-2H3;1-2H. The van der Waals surface area contributed by atoms with Crippen molar-refractivity contribution in [3.05, 3.63) is 0 Å². The van der Waals surface area contributed by atoms with Crippen LogP contribution in [0.15, 0.2) is 0 Å². The third-order valence-electron chi connectivity index (χ3n) is 0. The van der Waals surface area contributed by atoms with E-state index >= 15 is 0 Å². The minimum atomic E-state index is 1.25. The number of hydrogen-bond acceptors (Lipinski definition) is 0. The second kappa shape index (κ2) is 328. The first kappa shape index (κ1) is 22.9. The molecule has 0 aromatic rings. The molecule has 0 spiro atoms. The molecule has 0 aromatic heterocycles. The Morgan fingerprint density at radius 3 is 1.10 bits per heavy atom. The zero-order chi connectivity index (χ0) is 9.41. The normalized spacial score (nSPS) is 3.40. The van der Waals surface area contributed by atoms with E-state index in [0.29, 0.717) is 0 Å². The molecule has 0 aliphatic carbocycles. The summed E-state index contributed by atoms with van der Waals surface area (Å²) in [6.07, 6.45) is 13.8. The molecule has 60 valence electrons. The molecule has 0 heterocycles. The summed E-state index contributed by atoms with van der Waals surface area (Å²) in [6, 6.07) is 0. The number of rotatable bonds is 0. The van der Waals surface area contributed by atoms with Crippen molar-refractivity contribution in [1.82, 2.24) is 0 Å². The van der Waals surface area contributed by atoms with Crippen molar-refractivity contribution >= 4 is 0 Å². The van der Waals surface area contributed by atoms with Crippen LogP contribution in [0.3, 0.4) is 0 Å². The van der Waals surface area contributed by atoms with E-state index in [4.69, 9.17) is 0 Å². The van der Waals surface area contributed by atoms with E-state index in [1.807, 2.05) is 13.8 Å². The van der Waals surface area contributed by atoms with Crippen molar-refractivity contribution in [3.8, 4) is 25.2 Å². The van der Waals surface area contributed by atoms with Gasteiger partial charge in [-0.15, -0.1) is 25.2 Å². The molecule has 0 nitrogen and oxygen atoms in total. The summed E-state index contributed by atoms with van der Waals surface area (Å²) in [5.74, 6) is 2.25. The second-order valence-corrected chi connectivity index (χ2v) is 0.996. The van der Waals surface area contributed by atoms with E-state index < -0.39 is 0 Å². The molecule has 0 saturated carbocycles. The lowest BCUT2D eigenvalue weighted by atomic mass is 10.6. The van der Waals surface area contributed by atoms with Crippen LogP contribution < -0.4 is 0 Å². The van der Waals surface area contributed by atoms with Crippen LogP contribution in [0.5, 0.6) is 0 Å². The van der Waals surface area contributed by atoms with Gasteiger partial charge in [0.15, 0.2) is 0 Å². The Hall–Kier alpha value is -0.880. The molecule has 0 fully saturated rings. The minimum Gasteiger partial charge on any atom is -0.124 e. The molecule has 0 radical (unpaired) electrons. The highest BCUT2D eigenvalue weighted by atomic mass is 13.4. The lowest BCUT2D eigenvalue weighted by Gasteiger charge is -1.48. The molecule has 0 N–H and O–H groups in total. The Morgan fingerprint density at radius 2 is 1.10 bits per heavy atom. The highest BCUT2D eigenvalue weighted by molar-refractivity contribution is 4.73. The van der Waals surface area contributed by atoms with Crippen molar-refractivity contribution in [3.63, 3.8) is 0 Å². The lowest BCUT2D eigenvalue weighted by molar-refractivity contribution is 1.09. The molecule has 0 heteroatoms. The summed E-state index contributed by atoms with van der Waals surface area (Å²) >= 11 is 0. The molecular weight excluding hydrogens is 120 g/mol. The van der Waals surface area contributed by atoms with Crippen LogP contribution in [-0.2, 0) is 0 Å². The SMILES string of the molecule is C#C.C#CC.CC.CCC. The summed E-state index contributed by atoms with van der Waals surface area (Å²) in [5.41, 5.74) is 0. The van der Waals surface area contributed by atoms with E-state index in [-0.39, 0.29) is 0 Å². The Bertz CT molecular complexity index is 52.2. The molecule has 0 aliphatic rings. The van der Waals surface area contributed by atoms with Crippen LogP contribution in [0.2, 0.25) is 0 Å². The minimum absolute atomic E-state index is 1.25. The summed E-state index contributed by atoms with van der Waals surface area (Å²) in [7, 11) is 0. The summed E-state index contributed by atoms with van der Waals surface area (Å²) in [6.45, 7) is 9.90. The third kappa shape index (κ3) is 344. The zero-order valence-electron chi connectivity index (χ0n) is 7.94. The molecule has 0 aliphatic heterocycles. The summed E-state index contributed by atoms with van der Waals surface area (Å²) < 4.78 is 0. The molecule has 0 unspecified atom stereocenters. The molecule has 0 atom stereocenters. The van der Waals surface area contributed by atoms with Crippen molar-refractivity contribution < 1.29 is 0 Å². The quantitative estimate of drug-likeness (QED) is 0.453. The maximum Gasteiger partial charge on any atom is -0.00297 e. The summed E-state index contributed by atoms with van der Waals surface area (Å²) in [5, 5.41) is 0. The molecule has 0 saturated heterocycles. The van der Waals surface area contributed by atoms with Gasteiger partial charge in [0.2, 0.25) is 0 Å². The van der Waals surface area contributed by atoms with Crippen LogP contribution in [0.1, 0.15) is 41.0 Å². The third-order valence-corrected chi connectivity index (χ3v) is 0. The van der Waals surface area contributed by atoms with Gasteiger partial charge in [0.1, 0.15) is 0 Å². The Labute approximate surface area is 67.0 Å². The topological polar surface area (TPSA) is 0 Å². The average molecular weight is 140 g/mol. The van der Waals surface area contributed by atoms with E-state index in [2.05, 4.69) is 39.0 Å². The highest BCUT2D eigenvalue weighted by Gasteiger charge is 1.35. The van der Waals surface area contributed by atoms with Gasteiger partial charge in [0, 0.05) is 0 Å². The lowest BCUT2D eigenvalue weighted by Crippen LogP contribution is -1.27. The van der Waals surface area contributed by atoms with Crippen molar-refractivity contribution in [2.24, 2.45) is 0 Å². The Kier molecular flexibility index (Phi) is 753. The first-order valence-electron chi connectivity index (χ1n) is 3.54. The van der Waals surface area contributed by atoms with Crippen LogP contribution in [0, 0.1) is 25.2 Å². The smallest absolute Gasteiger partial charge is 0.00297 e. The predicted octanol–water partition coefficient (Wildman–Crippen LogP) is 3.33. The Morgan fingerprint density at radius 1 is 1.10 bits per heavy atom. The van der Waals surface area contributed by atoms with Gasteiger partial charge in [0.25, 0.3) is 0 Å². The molecule has 0 rings (SSSR count). The molecule has 10 heavy (non-hydrogen) atoms. The highest BCUT2D eigenvalue weighted by Crippen LogP contribution is 1.56. The van der Waals surface area contributed by atoms with Crippen LogP contribution >= 0.6 is 0 Å². The predicted molar refractivity (Wildman–Crippen MR) is 51.7 cm³/mol. The van der Waals surface area contributed by atoms with Crippen molar-refractivity contribution in [1.29, 1.82) is 0 Å². The van der Waals surface area contributed by atoms with Gasteiger partial charge in [-0.05, 0) is 6.92 Å². The van der Waals surface area contributed by atoms with Gasteiger partial charge in [-0.3, -0.25) is 0 Å². The fourth-order valence-corrected chi connectivity index (χ4v) is 0. The first-order chi connectivity index (χ1) is 4.83. The van der Waals surface area contributed by atoms with E-state index in [1.54, 1.807) is 6.92 Å². The molecule has 0 amide bonds. The van der Waals surface area contributed by atoms with Gasteiger partial charge in [-0.2, -0.15) is 0 Å². The van der Waals surface area contributed by atoms with Crippen LogP contribution in [-0.4, -0.2) is 0 Å². The number of hydrogen-bond donors (Lipinski definition) is 0. The maximum atomic E-state index is 4.60. The average Bonchev–Trinajstić information content (AvgIpc) is 1.99. The Balaban J connectivity index is -0.0000000246. The van der Waals surface area contributed by atoms with Gasteiger partial charge in [0.05, 0.1) is 0 Å². The van der Waals surface area contributed by atoms with Gasteiger partial charge < -0.3 is 0 Å². The summed E-state index contributed by atoms with van der Waals surface area (Å²) in [4.78, 5) is 0. The van der Waals surface area contributed by atoms with E-state index in [1.165, 1.54) is 6.42 Å². The van der Waals surface area contributed by atoms with Crippen molar-refractivity contribution in [2.75, 3.05) is 0 Å². The fourth-order valence-electron chi connectivity index (χ4n) is 0. The maximum absolute atomic E-state index is 4.60. The fraction of sp³-hybridized carbons (Fsp3) is 0.600. The zero-order valence-corrected chi connectivity index (χ0v) is 7.94. The van der Waals surface area contributed by atoms with Crippen LogP contribution in [0.4, 0.5) is 0 Å². The number of terminal acetylenes is 2. The largest absolute Gasteiger partial charge is 0.124 e. The van der Waals surface area contributed by atoms with E-state index in [0.717, 1.165) is 0 Å². The second-order valence-electron chi connectivity index (χ2n) is 0.996. The molecule has 0 bridgehead atoms. The van der Waals surface area contributed by atoms with Crippen molar-refractivity contribution in [2.45, 2.75) is 41.0 Å². The van der Waals surface area contributed by atoms with Gasteiger partial charge in [-0.1, -0.05) is 34.1 Å². The monoisotopic (exact) mass is 140 g/mol.